The molecule has 2 unspecified atom stereocenters. The zero-order valence-corrected chi connectivity index (χ0v) is 19.0. The summed E-state index contributed by atoms with van der Waals surface area (Å²) in [5, 5.41) is 3.05. The van der Waals surface area contributed by atoms with Gasteiger partial charge in [0.25, 0.3) is 0 Å². The molecule has 0 bridgehead atoms. The summed E-state index contributed by atoms with van der Waals surface area (Å²) < 4.78 is 22.1. The summed E-state index contributed by atoms with van der Waals surface area (Å²) in [5.74, 6) is 0.0804. The molecule has 0 aliphatic carbocycles. The average molecular weight is 406 g/mol. The minimum Gasteiger partial charge on any atom is -0.351 e. The Morgan fingerprint density at radius 3 is 2.00 bits per heavy atom. The summed E-state index contributed by atoms with van der Waals surface area (Å²) in [4.78, 5) is 12.2. The fraction of sp³-hybridized carbons (Fsp3) is 0.952. The van der Waals surface area contributed by atoms with Crippen molar-refractivity contribution in [3.8, 4) is 0 Å². The van der Waals surface area contributed by atoms with E-state index in [0.29, 0.717) is 13.0 Å². The van der Waals surface area contributed by atoms with Crippen molar-refractivity contribution in [1.29, 1.82) is 0 Å². The van der Waals surface area contributed by atoms with Crippen LogP contribution < -0.4 is 5.32 Å². The minimum absolute atomic E-state index is 0.0739. The van der Waals surface area contributed by atoms with Crippen LogP contribution in [0.1, 0.15) is 111 Å². The Kier molecular flexibility index (Phi) is 20.1. The van der Waals surface area contributed by atoms with Crippen molar-refractivity contribution in [2.24, 2.45) is 0 Å². The van der Waals surface area contributed by atoms with Crippen LogP contribution in [-0.4, -0.2) is 25.2 Å². The van der Waals surface area contributed by atoms with Gasteiger partial charge in [-0.3, -0.25) is 9.36 Å². The van der Waals surface area contributed by atoms with E-state index < -0.39 is 8.25 Å². The molecule has 2 atom stereocenters. The van der Waals surface area contributed by atoms with Gasteiger partial charge < -0.3 is 14.4 Å². The first-order chi connectivity index (χ1) is 13.1. The van der Waals surface area contributed by atoms with Crippen molar-refractivity contribution in [1.82, 2.24) is 5.32 Å². The molecule has 0 heterocycles. The zero-order chi connectivity index (χ0) is 20.2. The van der Waals surface area contributed by atoms with Crippen LogP contribution in [0.4, 0.5) is 0 Å². The Bertz CT molecular complexity index is 366. The Morgan fingerprint density at radius 2 is 1.41 bits per heavy atom. The predicted octanol–water partition coefficient (Wildman–Crippen LogP) is 6.42. The SMILES string of the molecule is CCCCCCCCCCCC(=O)NC(CCCC)CO[PH](=O)OCCC. The number of amides is 1. The molecule has 0 aromatic rings. The van der Waals surface area contributed by atoms with Crippen LogP contribution >= 0.6 is 8.25 Å². The highest BCUT2D eigenvalue weighted by atomic mass is 31.1. The number of carbonyl (C=O) groups is 1. The highest BCUT2D eigenvalue weighted by Crippen LogP contribution is 2.24. The number of rotatable bonds is 20. The van der Waals surface area contributed by atoms with E-state index in [1.165, 1.54) is 44.9 Å². The van der Waals surface area contributed by atoms with Crippen molar-refractivity contribution < 1.29 is 18.4 Å². The first-order valence-corrected chi connectivity index (χ1v) is 12.4. The third-order valence-corrected chi connectivity index (χ3v) is 5.45. The molecule has 0 saturated carbocycles. The molecule has 27 heavy (non-hydrogen) atoms. The minimum atomic E-state index is -2.44. The molecule has 0 fully saturated rings. The highest BCUT2D eigenvalue weighted by molar-refractivity contribution is 7.33. The maximum absolute atomic E-state index is 12.2. The molecule has 5 nitrogen and oxygen atoms in total. The van der Waals surface area contributed by atoms with Gasteiger partial charge in [0, 0.05) is 6.42 Å². The van der Waals surface area contributed by atoms with Gasteiger partial charge in [0.1, 0.15) is 0 Å². The lowest BCUT2D eigenvalue weighted by Crippen LogP contribution is -2.37. The summed E-state index contributed by atoms with van der Waals surface area (Å²) in [6.45, 7) is 7.04. The quantitative estimate of drug-likeness (QED) is 0.188. The zero-order valence-electron chi connectivity index (χ0n) is 18.0. The van der Waals surface area contributed by atoms with Crippen LogP contribution in [0, 0.1) is 0 Å². The molecule has 0 aromatic carbocycles. The molecule has 0 radical (unpaired) electrons. The molecule has 0 aromatic heterocycles. The summed E-state index contributed by atoms with van der Waals surface area (Å²) >= 11 is 0. The second kappa shape index (κ2) is 20.4. The summed E-state index contributed by atoms with van der Waals surface area (Å²) in [6.07, 6.45) is 15.5. The predicted molar refractivity (Wildman–Crippen MR) is 114 cm³/mol. The number of nitrogens with one attached hydrogen (secondary N) is 1. The van der Waals surface area contributed by atoms with Crippen LogP contribution in [0.15, 0.2) is 0 Å². The second-order valence-electron chi connectivity index (χ2n) is 7.39. The van der Waals surface area contributed by atoms with E-state index in [9.17, 15) is 9.36 Å². The third-order valence-electron chi connectivity index (χ3n) is 4.61. The molecule has 1 amide bonds. The van der Waals surface area contributed by atoms with Crippen LogP contribution in [-0.2, 0) is 18.4 Å². The fourth-order valence-electron chi connectivity index (χ4n) is 2.94. The molecule has 162 valence electrons. The van der Waals surface area contributed by atoms with Gasteiger partial charge in [-0.25, -0.2) is 0 Å². The third kappa shape index (κ3) is 18.7. The van der Waals surface area contributed by atoms with Crippen LogP contribution in [0.3, 0.4) is 0 Å². The summed E-state index contributed by atoms with van der Waals surface area (Å²) in [6, 6.07) is -0.0739. The number of unbranched alkanes of at least 4 members (excludes halogenated alkanes) is 9. The van der Waals surface area contributed by atoms with Gasteiger partial charge in [-0.05, 0) is 19.3 Å². The Balaban J connectivity index is 3.85. The van der Waals surface area contributed by atoms with E-state index in [-0.39, 0.29) is 18.6 Å². The summed E-state index contributed by atoms with van der Waals surface area (Å²) in [7, 11) is -2.44. The van der Waals surface area contributed by atoms with Crippen molar-refractivity contribution in [2.75, 3.05) is 13.2 Å². The molecule has 0 saturated heterocycles. The molecule has 6 heteroatoms. The standard InChI is InChI=1S/C21H44NO4P/c1-4-7-9-10-11-12-13-14-15-17-21(23)22-20(16-8-5-2)19-26-27(24)25-18-6-3/h20,27H,4-19H2,1-3H3,(H,22,23). The van der Waals surface area contributed by atoms with Gasteiger partial charge in [-0.15, -0.1) is 0 Å². The first kappa shape index (κ1) is 26.6. The van der Waals surface area contributed by atoms with Crippen LogP contribution in [0.25, 0.3) is 0 Å². The molecule has 0 aliphatic rings. The van der Waals surface area contributed by atoms with Gasteiger partial charge in [0.05, 0.1) is 19.3 Å². The first-order valence-electron chi connectivity index (χ1n) is 11.2. The van der Waals surface area contributed by atoms with Gasteiger partial charge in [0.15, 0.2) is 0 Å². The summed E-state index contributed by atoms with van der Waals surface area (Å²) in [5.41, 5.74) is 0. The fourth-order valence-corrected chi connectivity index (χ4v) is 3.73. The van der Waals surface area contributed by atoms with Gasteiger partial charge in [-0.1, -0.05) is 85.0 Å². The van der Waals surface area contributed by atoms with Crippen molar-refractivity contribution in [3.63, 3.8) is 0 Å². The van der Waals surface area contributed by atoms with Gasteiger partial charge >= 0.3 is 8.25 Å². The number of hydrogen-bond acceptors (Lipinski definition) is 4. The monoisotopic (exact) mass is 405 g/mol. The topological polar surface area (TPSA) is 64.6 Å². The second-order valence-corrected chi connectivity index (χ2v) is 8.47. The van der Waals surface area contributed by atoms with E-state index in [1.54, 1.807) is 0 Å². The smallest absolute Gasteiger partial charge is 0.319 e. The molecular formula is C21H44NO4P. The molecule has 0 aliphatic heterocycles. The molecule has 0 spiro atoms. The van der Waals surface area contributed by atoms with Gasteiger partial charge in [-0.2, -0.15) is 0 Å². The van der Waals surface area contributed by atoms with E-state index >= 15 is 0 Å². The van der Waals surface area contributed by atoms with Crippen molar-refractivity contribution in [3.05, 3.63) is 0 Å². The normalized spacial score (nSPS) is 13.4. The Morgan fingerprint density at radius 1 is 0.815 bits per heavy atom. The lowest BCUT2D eigenvalue weighted by molar-refractivity contribution is -0.122. The molecule has 1 N–H and O–H groups in total. The van der Waals surface area contributed by atoms with Crippen LogP contribution in [0.2, 0.25) is 0 Å². The Hall–Kier alpha value is -0.380. The maximum atomic E-state index is 12.2. The molecular weight excluding hydrogens is 361 g/mol. The van der Waals surface area contributed by atoms with E-state index in [0.717, 1.165) is 38.5 Å². The number of hydrogen-bond donors (Lipinski definition) is 1. The van der Waals surface area contributed by atoms with E-state index in [2.05, 4.69) is 19.2 Å². The van der Waals surface area contributed by atoms with E-state index in [4.69, 9.17) is 9.05 Å². The maximum Gasteiger partial charge on any atom is 0.319 e. The van der Waals surface area contributed by atoms with Gasteiger partial charge in [0.2, 0.25) is 5.91 Å². The van der Waals surface area contributed by atoms with Crippen molar-refractivity contribution >= 4 is 14.2 Å². The lowest BCUT2D eigenvalue weighted by atomic mass is 10.1. The number of carbonyl (C=O) groups excluding carboxylic acids is 1. The Labute approximate surface area is 168 Å². The van der Waals surface area contributed by atoms with E-state index in [1.807, 2.05) is 6.92 Å². The van der Waals surface area contributed by atoms with Crippen molar-refractivity contribution in [2.45, 2.75) is 117 Å². The lowest BCUT2D eigenvalue weighted by Gasteiger charge is -2.18. The highest BCUT2D eigenvalue weighted by Gasteiger charge is 2.13. The average Bonchev–Trinajstić information content (AvgIpc) is 2.67. The van der Waals surface area contributed by atoms with Crippen LogP contribution in [0.5, 0.6) is 0 Å². The largest absolute Gasteiger partial charge is 0.351 e. The molecule has 0 rings (SSSR count).